The second kappa shape index (κ2) is 5.07. The van der Waals surface area contributed by atoms with Crippen LogP contribution < -0.4 is 5.73 Å². The highest BCUT2D eigenvalue weighted by atomic mass is 79.9. The first-order valence-electron chi connectivity index (χ1n) is 6.21. The Bertz CT molecular complexity index is 760. The van der Waals surface area contributed by atoms with Gasteiger partial charge in [0.1, 0.15) is 11.5 Å². The van der Waals surface area contributed by atoms with Gasteiger partial charge < -0.3 is 5.73 Å². The van der Waals surface area contributed by atoms with Crippen LogP contribution in [0.15, 0.2) is 40.2 Å². The predicted octanol–water partition coefficient (Wildman–Crippen LogP) is 4.47. The minimum Gasteiger partial charge on any atom is -0.383 e. The first-order valence-corrected chi connectivity index (χ1v) is 7.88. The van der Waals surface area contributed by atoms with E-state index in [1.807, 2.05) is 19.2 Å². The molecule has 0 radical (unpaired) electrons. The molecule has 0 saturated carbocycles. The number of nitrogens with two attached hydrogens (primary N) is 1. The SMILES string of the molecule is Cc1ccc(Br)c(-c2nn(C)c(N)c2-c2cccs2)c1. The van der Waals surface area contributed by atoms with Gasteiger partial charge in [0.25, 0.3) is 0 Å². The van der Waals surface area contributed by atoms with Gasteiger partial charge in [-0.05, 0) is 30.5 Å². The molecule has 0 saturated heterocycles. The van der Waals surface area contributed by atoms with Crippen LogP contribution >= 0.6 is 27.3 Å². The van der Waals surface area contributed by atoms with Crippen molar-refractivity contribution < 1.29 is 0 Å². The molecule has 2 N–H and O–H groups in total. The maximum Gasteiger partial charge on any atom is 0.130 e. The van der Waals surface area contributed by atoms with Crippen LogP contribution in [0.2, 0.25) is 0 Å². The number of hydrogen-bond acceptors (Lipinski definition) is 3. The molecule has 0 aliphatic carbocycles. The Morgan fingerprint density at radius 1 is 1.30 bits per heavy atom. The van der Waals surface area contributed by atoms with Crippen LogP contribution in [0.3, 0.4) is 0 Å². The summed E-state index contributed by atoms with van der Waals surface area (Å²) >= 11 is 5.29. The molecule has 0 aliphatic rings. The summed E-state index contributed by atoms with van der Waals surface area (Å²) in [5, 5.41) is 6.66. The van der Waals surface area contributed by atoms with Crippen LogP contribution in [-0.4, -0.2) is 9.78 Å². The van der Waals surface area contributed by atoms with Gasteiger partial charge in [-0.2, -0.15) is 5.10 Å². The third kappa shape index (κ3) is 2.17. The first-order chi connectivity index (χ1) is 9.58. The number of halogens is 1. The molecule has 2 heterocycles. The minimum absolute atomic E-state index is 0.691. The van der Waals surface area contributed by atoms with E-state index in [-0.39, 0.29) is 0 Å². The Morgan fingerprint density at radius 3 is 2.80 bits per heavy atom. The van der Waals surface area contributed by atoms with Crippen molar-refractivity contribution in [1.29, 1.82) is 0 Å². The van der Waals surface area contributed by atoms with Crippen LogP contribution in [-0.2, 0) is 7.05 Å². The summed E-state index contributed by atoms with van der Waals surface area (Å²) in [6, 6.07) is 10.4. The summed E-state index contributed by atoms with van der Waals surface area (Å²) in [6.07, 6.45) is 0. The zero-order chi connectivity index (χ0) is 14.3. The van der Waals surface area contributed by atoms with E-state index in [0.29, 0.717) is 5.82 Å². The van der Waals surface area contributed by atoms with Crippen molar-refractivity contribution in [2.24, 2.45) is 7.05 Å². The molecule has 0 fully saturated rings. The lowest BCUT2D eigenvalue weighted by atomic mass is 10.0. The first kappa shape index (κ1) is 13.4. The fourth-order valence-electron chi connectivity index (χ4n) is 2.21. The molecule has 0 spiro atoms. The highest BCUT2D eigenvalue weighted by Crippen LogP contribution is 2.40. The van der Waals surface area contributed by atoms with Crippen LogP contribution in [0.4, 0.5) is 5.82 Å². The Morgan fingerprint density at radius 2 is 2.10 bits per heavy atom. The molecular formula is C15H14BrN3S. The smallest absolute Gasteiger partial charge is 0.130 e. The quantitative estimate of drug-likeness (QED) is 0.743. The Labute approximate surface area is 130 Å². The average Bonchev–Trinajstić information content (AvgIpc) is 3.02. The number of thiophene rings is 1. The van der Waals surface area contributed by atoms with Crippen molar-refractivity contribution in [1.82, 2.24) is 9.78 Å². The Kier molecular flexibility index (Phi) is 3.40. The fraction of sp³-hybridized carbons (Fsp3) is 0.133. The molecule has 3 rings (SSSR count). The molecule has 0 aliphatic heterocycles. The number of nitrogen functional groups attached to an aromatic ring is 1. The van der Waals surface area contributed by atoms with Gasteiger partial charge in [0.05, 0.1) is 5.56 Å². The molecule has 3 aromatic rings. The molecule has 20 heavy (non-hydrogen) atoms. The van der Waals surface area contributed by atoms with Crippen molar-refractivity contribution in [3.63, 3.8) is 0 Å². The second-order valence-electron chi connectivity index (χ2n) is 4.69. The average molecular weight is 348 g/mol. The minimum atomic E-state index is 0.691. The van der Waals surface area contributed by atoms with Crippen molar-refractivity contribution in [2.45, 2.75) is 6.92 Å². The summed E-state index contributed by atoms with van der Waals surface area (Å²) in [6.45, 7) is 2.08. The number of aromatic nitrogens is 2. The van der Waals surface area contributed by atoms with Crippen molar-refractivity contribution in [3.05, 3.63) is 45.7 Å². The molecule has 2 aromatic heterocycles. The van der Waals surface area contributed by atoms with Gasteiger partial charge in [-0.15, -0.1) is 11.3 Å². The standard InChI is InChI=1S/C15H14BrN3S/c1-9-5-6-11(16)10(8-9)14-13(12-4-3-7-20-12)15(17)19(2)18-14/h3-8H,17H2,1-2H3. The van der Waals surface area contributed by atoms with Gasteiger partial charge in [-0.3, -0.25) is 4.68 Å². The van der Waals surface area contributed by atoms with Crippen molar-refractivity contribution in [2.75, 3.05) is 5.73 Å². The topological polar surface area (TPSA) is 43.8 Å². The number of hydrogen-bond donors (Lipinski definition) is 1. The van der Waals surface area contributed by atoms with Crippen molar-refractivity contribution >= 4 is 33.1 Å². The molecule has 0 atom stereocenters. The number of rotatable bonds is 2. The summed E-state index contributed by atoms with van der Waals surface area (Å²) in [5.41, 5.74) is 10.4. The number of nitrogens with zero attached hydrogens (tertiary/aromatic N) is 2. The molecule has 0 amide bonds. The van der Waals surface area contributed by atoms with Gasteiger partial charge in [-0.25, -0.2) is 0 Å². The monoisotopic (exact) mass is 347 g/mol. The fourth-order valence-corrected chi connectivity index (χ4v) is 3.42. The second-order valence-corrected chi connectivity index (χ2v) is 6.50. The summed E-state index contributed by atoms with van der Waals surface area (Å²) < 4.78 is 2.76. The largest absolute Gasteiger partial charge is 0.383 e. The normalized spacial score (nSPS) is 10.9. The van der Waals surface area contributed by atoms with Gasteiger partial charge in [0, 0.05) is 22.0 Å². The van der Waals surface area contributed by atoms with Crippen molar-refractivity contribution in [3.8, 4) is 21.7 Å². The highest BCUT2D eigenvalue weighted by Gasteiger charge is 2.19. The van der Waals surface area contributed by atoms with E-state index in [9.17, 15) is 0 Å². The van der Waals surface area contributed by atoms with Gasteiger partial charge >= 0.3 is 0 Å². The van der Waals surface area contributed by atoms with Crippen LogP contribution in [0.5, 0.6) is 0 Å². The molecular weight excluding hydrogens is 334 g/mol. The highest BCUT2D eigenvalue weighted by molar-refractivity contribution is 9.10. The van der Waals surface area contributed by atoms with Gasteiger partial charge in [0.2, 0.25) is 0 Å². The molecule has 0 unspecified atom stereocenters. The summed E-state index contributed by atoms with van der Waals surface area (Å²) in [7, 11) is 1.87. The van der Waals surface area contributed by atoms with E-state index in [1.165, 1.54) is 5.56 Å². The molecule has 102 valence electrons. The van der Waals surface area contributed by atoms with E-state index in [2.05, 4.69) is 51.5 Å². The number of anilines is 1. The van der Waals surface area contributed by atoms with Crippen LogP contribution in [0.25, 0.3) is 21.7 Å². The lowest BCUT2D eigenvalue weighted by Gasteiger charge is -2.05. The molecule has 3 nitrogen and oxygen atoms in total. The van der Waals surface area contributed by atoms with E-state index in [0.717, 1.165) is 26.2 Å². The van der Waals surface area contributed by atoms with Gasteiger partial charge in [-0.1, -0.05) is 33.6 Å². The number of benzene rings is 1. The molecule has 5 heteroatoms. The zero-order valence-corrected chi connectivity index (χ0v) is 13.6. The van der Waals surface area contributed by atoms with E-state index < -0.39 is 0 Å². The zero-order valence-electron chi connectivity index (χ0n) is 11.2. The third-order valence-corrected chi connectivity index (χ3v) is 4.82. The van der Waals surface area contributed by atoms with E-state index in [1.54, 1.807) is 16.0 Å². The maximum absolute atomic E-state index is 6.21. The summed E-state index contributed by atoms with van der Waals surface area (Å²) in [5.74, 6) is 0.691. The third-order valence-electron chi connectivity index (χ3n) is 3.24. The van der Waals surface area contributed by atoms with E-state index >= 15 is 0 Å². The molecule has 0 bridgehead atoms. The number of aryl methyl sites for hydroxylation is 2. The van der Waals surface area contributed by atoms with E-state index in [4.69, 9.17) is 5.73 Å². The Hall–Kier alpha value is -1.59. The summed E-state index contributed by atoms with van der Waals surface area (Å²) in [4.78, 5) is 1.14. The van der Waals surface area contributed by atoms with Gasteiger partial charge in [0.15, 0.2) is 0 Å². The molecule has 1 aromatic carbocycles. The van der Waals surface area contributed by atoms with Crippen LogP contribution in [0.1, 0.15) is 5.56 Å². The lowest BCUT2D eigenvalue weighted by molar-refractivity contribution is 0.782. The Balaban J connectivity index is 2.30. The van der Waals surface area contributed by atoms with Crippen LogP contribution in [0, 0.1) is 6.92 Å². The predicted molar refractivity (Wildman–Crippen MR) is 88.8 cm³/mol. The maximum atomic E-state index is 6.21. The lowest BCUT2D eigenvalue weighted by Crippen LogP contribution is -1.97.